The molecule has 1 aromatic heterocycles. The highest BCUT2D eigenvalue weighted by Crippen LogP contribution is 2.21. The van der Waals surface area contributed by atoms with Gasteiger partial charge in [-0.05, 0) is 17.1 Å². The fourth-order valence-corrected chi connectivity index (χ4v) is 1.86. The number of benzene rings is 1. The van der Waals surface area contributed by atoms with E-state index in [-0.39, 0.29) is 11.6 Å². The Balaban J connectivity index is 2.04. The van der Waals surface area contributed by atoms with Crippen molar-refractivity contribution in [2.24, 2.45) is 0 Å². The van der Waals surface area contributed by atoms with Gasteiger partial charge in [0, 0.05) is 11.8 Å². The van der Waals surface area contributed by atoms with Crippen LogP contribution < -0.4 is 10.1 Å². The molecule has 0 radical (unpaired) electrons. The van der Waals surface area contributed by atoms with Crippen molar-refractivity contribution in [1.29, 1.82) is 0 Å². The second-order valence-corrected chi connectivity index (χ2v) is 4.44. The van der Waals surface area contributed by atoms with Crippen molar-refractivity contribution in [3.8, 4) is 5.75 Å². The molecule has 0 aliphatic heterocycles. The summed E-state index contributed by atoms with van der Waals surface area (Å²) in [6, 6.07) is 6.81. The first-order valence-corrected chi connectivity index (χ1v) is 6.18. The van der Waals surface area contributed by atoms with Crippen molar-refractivity contribution in [2.45, 2.75) is 6.54 Å². The summed E-state index contributed by atoms with van der Waals surface area (Å²) in [6.07, 6.45) is 1.23. The van der Waals surface area contributed by atoms with Gasteiger partial charge in [0.05, 0.1) is 18.4 Å². The minimum absolute atomic E-state index is 0.116. The number of aromatic nitrogens is 2. The van der Waals surface area contributed by atoms with Crippen LogP contribution >= 0.6 is 11.6 Å². The van der Waals surface area contributed by atoms with Crippen LogP contribution in [0.2, 0.25) is 5.02 Å². The largest absolute Gasteiger partial charge is 0.497 e. The standard InChI is InChI=1S/C12H11ClN4O4/c1-21-9-4-2-3-8(5-9)14-11(18)7-16-6-10(13)12(15-16)17(19)20/h2-6H,7H2,1H3,(H,14,18). The number of nitrogens with one attached hydrogen (secondary N) is 1. The van der Waals surface area contributed by atoms with Crippen LogP contribution in [0.25, 0.3) is 0 Å². The maximum Gasteiger partial charge on any atom is 0.408 e. The van der Waals surface area contributed by atoms with Gasteiger partial charge in [0.15, 0.2) is 5.02 Å². The molecule has 2 aromatic rings. The maximum absolute atomic E-state index is 11.8. The van der Waals surface area contributed by atoms with Crippen LogP contribution in [-0.2, 0) is 11.3 Å². The molecule has 0 saturated heterocycles. The second-order valence-electron chi connectivity index (χ2n) is 4.04. The predicted molar refractivity (Wildman–Crippen MR) is 75.5 cm³/mol. The zero-order valence-corrected chi connectivity index (χ0v) is 11.7. The van der Waals surface area contributed by atoms with Crippen molar-refractivity contribution >= 4 is 29.0 Å². The Morgan fingerprint density at radius 3 is 2.95 bits per heavy atom. The Hall–Kier alpha value is -2.61. The molecule has 1 amide bonds. The molecule has 0 atom stereocenters. The van der Waals surface area contributed by atoms with E-state index in [1.165, 1.54) is 13.3 Å². The normalized spacial score (nSPS) is 10.2. The first-order valence-electron chi connectivity index (χ1n) is 5.81. The van der Waals surface area contributed by atoms with Crippen molar-refractivity contribution < 1.29 is 14.5 Å². The number of halogens is 1. The van der Waals surface area contributed by atoms with Gasteiger partial charge < -0.3 is 20.2 Å². The van der Waals surface area contributed by atoms with Crippen molar-refractivity contribution in [3.05, 3.63) is 45.6 Å². The molecule has 21 heavy (non-hydrogen) atoms. The number of hydrogen-bond acceptors (Lipinski definition) is 5. The Labute approximate surface area is 124 Å². The van der Waals surface area contributed by atoms with Gasteiger partial charge in [-0.2, -0.15) is 4.68 Å². The minimum Gasteiger partial charge on any atom is -0.497 e. The molecule has 0 bridgehead atoms. The molecule has 0 aliphatic carbocycles. The van der Waals surface area contributed by atoms with Gasteiger partial charge in [-0.15, -0.1) is 0 Å². The fourth-order valence-electron chi connectivity index (χ4n) is 1.64. The zero-order chi connectivity index (χ0) is 15.4. The monoisotopic (exact) mass is 310 g/mol. The lowest BCUT2D eigenvalue weighted by atomic mass is 10.3. The average molecular weight is 311 g/mol. The average Bonchev–Trinajstić information content (AvgIpc) is 2.79. The van der Waals surface area contributed by atoms with Gasteiger partial charge in [0.25, 0.3) is 0 Å². The zero-order valence-electron chi connectivity index (χ0n) is 10.9. The summed E-state index contributed by atoms with van der Waals surface area (Å²) in [4.78, 5) is 21.7. The molecule has 0 aliphatic rings. The number of carbonyl (C=O) groups is 1. The molecular weight excluding hydrogens is 300 g/mol. The predicted octanol–water partition coefficient (Wildman–Crippen LogP) is 2.09. The van der Waals surface area contributed by atoms with E-state index < -0.39 is 16.6 Å². The summed E-state index contributed by atoms with van der Waals surface area (Å²) < 4.78 is 6.15. The third-order valence-corrected chi connectivity index (χ3v) is 2.80. The number of ether oxygens (including phenoxy) is 1. The first kappa shape index (κ1) is 14.8. The number of hydrogen-bond donors (Lipinski definition) is 1. The van der Waals surface area contributed by atoms with Gasteiger partial charge in [0.1, 0.15) is 12.3 Å². The van der Waals surface area contributed by atoms with Crippen molar-refractivity contribution in [3.63, 3.8) is 0 Å². The summed E-state index contributed by atoms with van der Waals surface area (Å²) in [6.45, 7) is -0.190. The third-order valence-electron chi connectivity index (χ3n) is 2.53. The number of rotatable bonds is 5. The number of carbonyl (C=O) groups excluding carboxylic acids is 1. The summed E-state index contributed by atoms with van der Waals surface area (Å²) in [5, 5.41) is 16.8. The number of nitro groups is 1. The second kappa shape index (κ2) is 6.23. The topological polar surface area (TPSA) is 99.3 Å². The number of nitrogens with zero attached hydrogens (tertiary/aromatic N) is 3. The molecular formula is C12H11ClN4O4. The smallest absolute Gasteiger partial charge is 0.408 e. The molecule has 9 heteroatoms. The molecule has 110 valence electrons. The Bertz CT molecular complexity index is 686. The van der Waals surface area contributed by atoms with Gasteiger partial charge >= 0.3 is 5.82 Å². The van der Waals surface area contributed by atoms with Crippen LogP contribution in [0.15, 0.2) is 30.5 Å². The molecule has 2 rings (SSSR count). The van der Waals surface area contributed by atoms with E-state index in [0.717, 1.165) is 4.68 Å². The molecule has 0 spiro atoms. The quantitative estimate of drug-likeness (QED) is 0.673. The number of anilines is 1. The SMILES string of the molecule is COc1cccc(NC(=O)Cn2cc(Cl)c([N+](=O)[O-])n2)c1. The van der Waals surface area contributed by atoms with E-state index >= 15 is 0 Å². The Kier molecular flexibility index (Phi) is 4.39. The van der Waals surface area contributed by atoms with E-state index in [4.69, 9.17) is 16.3 Å². The highest BCUT2D eigenvalue weighted by atomic mass is 35.5. The van der Waals surface area contributed by atoms with Crippen LogP contribution in [0.5, 0.6) is 5.75 Å². The summed E-state index contributed by atoms with van der Waals surface area (Å²) in [5.74, 6) is -0.270. The van der Waals surface area contributed by atoms with Crippen LogP contribution in [0.3, 0.4) is 0 Å². The van der Waals surface area contributed by atoms with Crippen LogP contribution in [0, 0.1) is 10.1 Å². The van der Waals surface area contributed by atoms with Crippen LogP contribution in [0.1, 0.15) is 0 Å². The Morgan fingerprint density at radius 1 is 1.57 bits per heavy atom. The Morgan fingerprint density at radius 2 is 2.33 bits per heavy atom. The minimum atomic E-state index is -0.710. The van der Waals surface area contributed by atoms with Crippen molar-refractivity contribution in [1.82, 2.24) is 9.78 Å². The summed E-state index contributed by atoms with van der Waals surface area (Å²) in [7, 11) is 1.52. The summed E-state index contributed by atoms with van der Waals surface area (Å²) >= 11 is 5.65. The van der Waals surface area contributed by atoms with Crippen molar-refractivity contribution in [2.75, 3.05) is 12.4 Å². The van der Waals surface area contributed by atoms with Crippen LogP contribution in [-0.4, -0.2) is 27.7 Å². The van der Waals surface area contributed by atoms with Gasteiger partial charge in [-0.3, -0.25) is 4.79 Å². The molecule has 8 nitrogen and oxygen atoms in total. The molecule has 1 heterocycles. The van der Waals surface area contributed by atoms with E-state index in [1.807, 2.05) is 0 Å². The van der Waals surface area contributed by atoms with Gasteiger partial charge in [0.2, 0.25) is 5.91 Å². The first-order chi connectivity index (χ1) is 9.99. The lowest BCUT2D eigenvalue weighted by molar-refractivity contribution is -0.389. The maximum atomic E-state index is 11.8. The molecule has 0 unspecified atom stereocenters. The van der Waals surface area contributed by atoms with Crippen LogP contribution in [0.4, 0.5) is 11.5 Å². The van der Waals surface area contributed by atoms with Gasteiger partial charge in [-0.25, -0.2) is 0 Å². The molecule has 1 aromatic carbocycles. The fraction of sp³-hybridized carbons (Fsp3) is 0.167. The van der Waals surface area contributed by atoms with E-state index in [0.29, 0.717) is 11.4 Å². The number of amides is 1. The summed E-state index contributed by atoms with van der Waals surface area (Å²) in [5.41, 5.74) is 0.548. The lowest BCUT2D eigenvalue weighted by Gasteiger charge is -2.05. The molecule has 0 fully saturated rings. The van der Waals surface area contributed by atoms with E-state index in [2.05, 4.69) is 10.4 Å². The van der Waals surface area contributed by atoms with E-state index in [9.17, 15) is 14.9 Å². The molecule has 0 saturated carbocycles. The number of methoxy groups -OCH3 is 1. The highest BCUT2D eigenvalue weighted by molar-refractivity contribution is 6.32. The van der Waals surface area contributed by atoms with E-state index in [1.54, 1.807) is 24.3 Å². The highest BCUT2D eigenvalue weighted by Gasteiger charge is 2.20. The lowest BCUT2D eigenvalue weighted by Crippen LogP contribution is -2.19. The molecule has 1 N–H and O–H groups in total. The van der Waals surface area contributed by atoms with Gasteiger partial charge in [-0.1, -0.05) is 17.7 Å². The third kappa shape index (κ3) is 3.69.